The molecule has 7 heteroatoms. The van der Waals surface area contributed by atoms with Crippen molar-refractivity contribution in [2.75, 3.05) is 20.3 Å². The highest BCUT2D eigenvalue weighted by atomic mass is 19.3. The normalized spacial score (nSPS) is 10.9. The zero-order chi connectivity index (χ0) is 21.2. The number of rotatable bonds is 11. The fraction of sp³-hybridized carbons (Fsp3) is 0.409. The zero-order valence-electron chi connectivity index (χ0n) is 16.9. The van der Waals surface area contributed by atoms with Gasteiger partial charge in [0.25, 0.3) is 0 Å². The molecule has 2 rings (SSSR count). The molecule has 0 aliphatic rings. The topological polar surface area (TPSA) is 56.8 Å². The van der Waals surface area contributed by atoms with Crippen LogP contribution in [0.15, 0.2) is 42.5 Å². The van der Waals surface area contributed by atoms with E-state index in [1.165, 1.54) is 18.7 Å². The highest BCUT2D eigenvalue weighted by Crippen LogP contribution is 2.29. The quantitative estimate of drug-likeness (QED) is 0.594. The molecule has 0 saturated heterocycles. The Balaban J connectivity index is 1.72. The van der Waals surface area contributed by atoms with Crippen LogP contribution in [0.4, 0.5) is 8.78 Å². The Labute approximate surface area is 170 Å². The number of benzene rings is 2. The minimum absolute atomic E-state index is 0.0248. The fourth-order valence-corrected chi connectivity index (χ4v) is 2.71. The van der Waals surface area contributed by atoms with Crippen molar-refractivity contribution in [2.45, 2.75) is 39.2 Å². The van der Waals surface area contributed by atoms with Crippen molar-refractivity contribution < 1.29 is 27.8 Å². The average molecular weight is 407 g/mol. The second kappa shape index (κ2) is 11.2. The van der Waals surface area contributed by atoms with Crippen LogP contribution in [0.25, 0.3) is 0 Å². The van der Waals surface area contributed by atoms with Gasteiger partial charge >= 0.3 is 6.61 Å². The van der Waals surface area contributed by atoms with E-state index >= 15 is 0 Å². The van der Waals surface area contributed by atoms with E-state index in [1.54, 1.807) is 12.1 Å². The molecule has 0 aliphatic carbocycles. The first-order chi connectivity index (χ1) is 13.9. The first-order valence-corrected chi connectivity index (χ1v) is 9.50. The Kier molecular flexibility index (Phi) is 8.70. The van der Waals surface area contributed by atoms with Gasteiger partial charge in [-0.2, -0.15) is 8.78 Å². The Morgan fingerprint density at radius 3 is 2.41 bits per heavy atom. The van der Waals surface area contributed by atoms with Crippen LogP contribution in [-0.4, -0.2) is 32.8 Å². The van der Waals surface area contributed by atoms with Gasteiger partial charge in [-0.05, 0) is 47.7 Å². The predicted molar refractivity (Wildman–Crippen MR) is 107 cm³/mol. The van der Waals surface area contributed by atoms with Gasteiger partial charge in [-0.25, -0.2) is 0 Å². The summed E-state index contributed by atoms with van der Waals surface area (Å²) < 4.78 is 40.0. The van der Waals surface area contributed by atoms with Crippen LogP contribution in [0.3, 0.4) is 0 Å². The molecule has 0 heterocycles. The summed E-state index contributed by atoms with van der Waals surface area (Å²) >= 11 is 0. The maximum Gasteiger partial charge on any atom is 0.387 e. The van der Waals surface area contributed by atoms with Crippen molar-refractivity contribution in [1.29, 1.82) is 0 Å². The van der Waals surface area contributed by atoms with Crippen LogP contribution < -0.4 is 19.5 Å². The lowest BCUT2D eigenvalue weighted by atomic mass is 10.0. The number of ether oxygens (including phenoxy) is 3. The van der Waals surface area contributed by atoms with Gasteiger partial charge in [-0.1, -0.05) is 32.0 Å². The molecule has 2 aromatic rings. The minimum atomic E-state index is -2.93. The largest absolute Gasteiger partial charge is 0.493 e. The molecule has 2 aromatic carbocycles. The first kappa shape index (κ1) is 22.5. The van der Waals surface area contributed by atoms with Gasteiger partial charge in [-0.3, -0.25) is 4.79 Å². The molecule has 29 heavy (non-hydrogen) atoms. The summed E-state index contributed by atoms with van der Waals surface area (Å²) in [4.78, 5) is 11.9. The molecule has 0 bridgehead atoms. The SMILES string of the molecule is COc1ccc(CCNC(=O)CCOc2ccc(C(C)C)cc2)cc1OC(F)F. The summed E-state index contributed by atoms with van der Waals surface area (Å²) in [5.74, 6) is 1.26. The molecule has 0 aromatic heterocycles. The maximum atomic E-state index is 12.5. The average Bonchev–Trinajstić information content (AvgIpc) is 2.68. The zero-order valence-corrected chi connectivity index (χ0v) is 16.9. The summed E-state index contributed by atoms with van der Waals surface area (Å²) in [6, 6.07) is 12.6. The van der Waals surface area contributed by atoms with E-state index in [1.807, 2.05) is 24.3 Å². The summed E-state index contributed by atoms with van der Waals surface area (Å²) in [7, 11) is 1.38. The Hall–Kier alpha value is -2.83. The number of carbonyl (C=O) groups is 1. The van der Waals surface area contributed by atoms with E-state index in [9.17, 15) is 13.6 Å². The molecule has 0 spiro atoms. The lowest BCUT2D eigenvalue weighted by Crippen LogP contribution is -2.27. The van der Waals surface area contributed by atoms with Gasteiger partial charge < -0.3 is 19.5 Å². The molecule has 0 atom stereocenters. The van der Waals surface area contributed by atoms with Gasteiger partial charge in [0.15, 0.2) is 11.5 Å². The number of halogens is 2. The third-order valence-corrected chi connectivity index (χ3v) is 4.32. The molecule has 0 aliphatic heterocycles. The highest BCUT2D eigenvalue weighted by molar-refractivity contribution is 5.76. The van der Waals surface area contributed by atoms with Gasteiger partial charge in [0.05, 0.1) is 20.1 Å². The number of amides is 1. The van der Waals surface area contributed by atoms with Gasteiger partial charge in [0.2, 0.25) is 5.91 Å². The van der Waals surface area contributed by atoms with Crippen LogP contribution in [0.2, 0.25) is 0 Å². The Morgan fingerprint density at radius 2 is 1.79 bits per heavy atom. The van der Waals surface area contributed by atoms with Crippen molar-refractivity contribution in [1.82, 2.24) is 5.32 Å². The summed E-state index contributed by atoms with van der Waals surface area (Å²) in [6.45, 7) is 1.97. The predicted octanol–water partition coefficient (Wildman–Crippen LogP) is 4.55. The molecular weight excluding hydrogens is 380 g/mol. The molecule has 0 radical (unpaired) electrons. The number of methoxy groups -OCH3 is 1. The number of carbonyl (C=O) groups excluding carboxylic acids is 1. The Bertz CT molecular complexity index is 779. The molecular formula is C22H27F2NO4. The Morgan fingerprint density at radius 1 is 1.07 bits per heavy atom. The molecule has 0 fully saturated rings. The third-order valence-electron chi connectivity index (χ3n) is 4.32. The second-order valence-electron chi connectivity index (χ2n) is 6.79. The number of hydrogen-bond acceptors (Lipinski definition) is 4. The van der Waals surface area contributed by atoms with Crippen LogP contribution >= 0.6 is 0 Å². The monoisotopic (exact) mass is 407 g/mol. The van der Waals surface area contributed by atoms with Crippen molar-refractivity contribution in [3.63, 3.8) is 0 Å². The van der Waals surface area contributed by atoms with Crippen molar-refractivity contribution in [2.24, 2.45) is 0 Å². The van der Waals surface area contributed by atoms with E-state index in [4.69, 9.17) is 9.47 Å². The number of nitrogens with one attached hydrogen (secondary N) is 1. The van der Waals surface area contributed by atoms with Gasteiger partial charge in [0.1, 0.15) is 5.75 Å². The van der Waals surface area contributed by atoms with Crippen LogP contribution in [0, 0.1) is 0 Å². The first-order valence-electron chi connectivity index (χ1n) is 9.50. The summed E-state index contributed by atoms with van der Waals surface area (Å²) in [5.41, 5.74) is 1.99. The molecule has 158 valence electrons. The van der Waals surface area contributed by atoms with Gasteiger partial charge in [-0.15, -0.1) is 0 Å². The van der Waals surface area contributed by atoms with E-state index in [0.29, 0.717) is 18.9 Å². The second-order valence-corrected chi connectivity index (χ2v) is 6.79. The number of alkyl halides is 2. The van der Waals surface area contributed by atoms with Crippen LogP contribution in [0.1, 0.15) is 37.3 Å². The minimum Gasteiger partial charge on any atom is -0.493 e. The smallest absolute Gasteiger partial charge is 0.387 e. The van der Waals surface area contributed by atoms with Crippen molar-refractivity contribution in [3.05, 3.63) is 53.6 Å². The summed E-state index contributed by atoms with van der Waals surface area (Å²) in [5, 5.41) is 2.79. The lowest BCUT2D eigenvalue weighted by molar-refractivity contribution is -0.121. The highest BCUT2D eigenvalue weighted by Gasteiger charge is 2.11. The van der Waals surface area contributed by atoms with Crippen molar-refractivity contribution in [3.8, 4) is 17.2 Å². The molecule has 0 saturated carbocycles. The van der Waals surface area contributed by atoms with E-state index in [-0.39, 0.29) is 30.4 Å². The fourth-order valence-electron chi connectivity index (χ4n) is 2.71. The molecule has 1 amide bonds. The standard InChI is InChI=1S/C22H27F2NO4/c1-15(2)17-5-7-18(8-6-17)28-13-11-21(26)25-12-10-16-4-9-19(27-3)20(14-16)29-22(23)24/h4-9,14-15,22H,10-13H2,1-3H3,(H,25,26). The molecule has 0 unspecified atom stereocenters. The van der Waals surface area contributed by atoms with Crippen molar-refractivity contribution >= 4 is 5.91 Å². The lowest BCUT2D eigenvalue weighted by Gasteiger charge is -2.12. The van der Waals surface area contributed by atoms with Crippen LogP contribution in [0.5, 0.6) is 17.2 Å². The van der Waals surface area contributed by atoms with Crippen LogP contribution in [-0.2, 0) is 11.2 Å². The van der Waals surface area contributed by atoms with Gasteiger partial charge in [0, 0.05) is 6.54 Å². The van der Waals surface area contributed by atoms with E-state index in [2.05, 4.69) is 23.9 Å². The van der Waals surface area contributed by atoms with E-state index < -0.39 is 6.61 Å². The third kappa shape index (κ3) is 7.60. The van der Waals surface area contributed by atoms with E-state index in [0.717, 1.165) is 11.3 Å². The molecule has 1 N–H and O–H groups in total. The summed E-state index contributed by atoms with van der Waals surface area (Å²) in [6.07, 6.45) is 0.709. The number of hydrogen-bond donors (Lipinski definition) is 1. The maximum absolute atomic E-state index is 12.5. The molecule has 5 nitrogen and oxygen atoms in total.